The van der Waals surface area contributed by atoms with E-state index in [1.54, 1.807) is 36.4 Å². The molecule has 3 aromatic carbocycles. The van der Waals surface area contributed by atoms with Crippen LogP contribution in [0.3, 0.4) is 0 Å². The molecule has 132 valence electrons. The third-order valence-corrected chi connectivity index (χ3v) is 4.30. The summed E-state index contributed by atoms with van der Waals surface area (Å²) in [5, 5.41) is 3.34. The topological polar surface area (TPSA) is 72.2 Å². The number of aromatic nitrogens is 1. The molecule has 0 radical (unpaired) electrons. The molecule has 0 aliphatic carbocycles. The summed E-state index contributed by atoms with van der Waals surface area (Å²) in [6, 6.07) is 21.4. The minimum Gasteiger partial charge on any atom is -0.403 e. The van der Waals surface area contributed by atoms with Gasteiger partial charge in [0.15, 0.2) is 0 Å². The highest BCUT2D eigenvalue weighted by molar-refractivity contribution is 6.04. The molecule has 0 aliphatic rings. The first-order valence-corrected chi connectivity index (χ1v) is 8.49. The second kappa shape index (κ2) is 6.88. The van der Waals surface area contributed by atoms with Crippen molar-refractivity contribution in [1.29, 1.82) is 0 Å². The highest BCUT2D eigenvalue weighted by Gasteiger charge is 2.12. The number of anilines is 1. The molecule has 5 heteroatoms. The number of hydrogen-bond donors (Lipinski definition) is 1. The molecule has 4 rings (SSSR count). The van der Waals surface area contributed by atoms with E-state index in [0.717, 1.165) is 5.56 Å². The molecule has 0 atom stereocenters. The van der Waals surface area contributed by atoms with Crippen LogP contribution in [0, 0.1) is 6.92 Å². The van der Waals surface area contributed by atoms with E-state index in [1.807, 2.05) is 43.3 Å². The van der Waals surface area contributed by atoms with Crippen LogP contribution >= 0.6 is 0 Å². The van der Waals surface area contributed by atoms with E-state index in [2.05, 4.69) is 10.3 Å². The third kappa shape index (κ3) is 3.35. The van der Waals surface area contributed by atoms with E-state index in [1.165, 1.54) is 0 Å². The molecule has 0 saturated carbocycles. The quantitative estimate of drug-likeness (QED) is 0.590. The largest absolute Gasteiger partial charge is 0.403 e. The van der Waals surface area contributed by atoms with Gasteiger partial charge in [-0.15, -0.1) is 0 Å². The van der Waals surface area contributed by atoms with Gasteiger partial charge in [0, 0.05) is 16.8 Å². The van der Waals surface area contributed by atoms with Crippen molar-refractivity contribution in [3.8, 4) is 11.5 Å². The maximum atomic E-state index is 12.4. The van der Waals surface area contributed by atoms with Crippen LogP contribution in [0.2, 0.25) is 0 Å². The van der Waals surface area contributed by atoms with E-state index in [0.29, 0.717) is 27.7 Å². The molecule has 0 bridgehead atoms. The molecule has 0 aliphatic heterocycles. The first-order chi connectivity index (χ1) is 13.1. The normalized spacial score (nSPS) is 10.7. The first-order valence-electron chi connectivity index (χ1n) is 8.49. The van der Waals surface area contributed by atoms with Crippen molar-refractivity contribution in [2.24, 2.45) is 0 Å². The zero-order chi connectivity index (χ0) is 18.8. The fourth-order valence-electron chi connectivity index (χ4n) is 2.82. The zero-order valence-electron chi connectivity index (χ0n) is 14.6. The summed E-state index contributed by atoms with van der Waals surface area (Å²) in [7, 11) is 0. The molecule has 5 nitrogen and oxygen atoms in total. The Hall–Kier alpha value is -3.73. The molecule has 1 amide bonds. The van der Waals surface area contributed by atoms with Crippen LogP contribution in [0.1, 0.15) is 15.9 Å². The van der Waals surface area contributed by atoms with E-state index in [4.69, 9.17) is 4.42 Å². The maximum Gasteiger partial charge on any atom is 0.347 e. The molecular weight excluding hydrogens is 340 g/mol. The van der Waals surface area contributed by atoms with Crippen molar-refractivity contribution in [3.05, 3.63) is 94.3 Å². The summed E-state index contributed by atoms with van der Waals surface area (Å²) in [5.41, 5.74) is 2.85. The minimum atomic E-state index is -0.439. The monoisotopic (exact) mass is 356 g/mol. The number of nitrogens with zero attached hydrogens (tertiary/aromatic N) is 1. The Morgan fingerprint density at radius 3 is 2.52 bits per heavy atom. The Balaban J connectivity index is 1.72. The molecule has 1 aromatic heterocycles. The Morgan fingerprint density at radius 1 is 0.963 bits per heavy atom. The van der Waals surface area contributed by atoms with Gasteiger partial charge < -0.3 is 9.73 Å². The van der Waals surface area contributed by atoms with Crippen LogP contribution in [0.5, 0.6) is 0 Å². The predicted molar refractivity (Wildman–Crippen MR) is 105 cm³/mol. The van der Waals surface area contributed by atoms with Crippen molar-refractivity contribution >= 4 is 22.5 Å². The summed E-state index contributed by atoms with van der Waals surface area (Å²) in [6.45, 7) is 1.90. The van der Waals surface area contributed by atoms with E-state index < -0.39 is 5.63 Å². The van der Waals surface area contributed by atoms with Crippen molar-refractivity contribution in [3.63, 3.8) is 0 Å². The number of para-hydroxylation sites is 1. The molecule has 0 saturated heterocycles. The van der Waals surface area contributed by atoms with Crippen molar-refractivity contribution in [2.45, 2.75) is 6.92 Å². The molecular formula is C22H16N2O3. The van der Waals surface area contributed by atoms with E-state index in [9.17, 15) is 9.59 Å². The number of benzene rings is 3. The fourth-order valence-corrected chi connectivity index (χ4v) is 2.82. The maximum absolute atomic E-state index is 12.4. The minimum absolute atomic E-state index is 0.205. The van der Waals surface area contributed by atoms with Gasteiger partial charge in [-0.2, -0.15) is 0 Å². The lowest BCUT2D eigenvalue weighted by Crippen LogP contribution is -2.12. The number of amides is 1. The fraction of sp³-hybridized carbons (Fsp3) is 0.0455. The number of nitrogens with one attached hydrogen (secondary N) is 1. The number of rotatable bonds is 3. The number of aryl methyl sites for hydroxylation is 1. The molecule has 1 N–H and O–H groups in total. The van der Waals surface area contributed by atoms with Gasteiger partial charge in [0.05, 0.1) is 10.9 Å². The molecule has 1 heterocycles. The van der Waals surface area contributed by atoms with Crippen LogP contribution in [-0.4, -0.2) is 10.9 Å². The summed E-state index contributed by atoms with van der Waals surface area (Å²) in [6.07, 6.45) is 0. The van der Waals surface area contributed by atoms with Crippen molar-refractivity contribution < 1.29 is 9.21 Å². The lowest BCUT2D eigenvalue weighted by molar-refractivity contribution is 0.102. The Morgan fingerprint density at radius 2 is 1.70 bits per heavy atom. The zero-order valence-corrected chi connectivity index (χ0v) is 14.6. The molecule has 0 unspecified atom stereocenters. The number of carbonyl (C=O) groups is 1. The van der Waals surface area contributed by atoms with Crippen LogP contribution in [0.15, 0.2) is 82.0 Å². The van der Waals surface area contributed by atoms with Crippen LogP contribution in [0.25, 0.3) is 22.4 Å². The number of fused-ring (bicyclic) bond motifs is 1. The Bertz CT molecular complexity index is 1200. The van der Waals surface area contributed by atoms with Crippen LogP contribution in [0.4, 0.5) is 5.69 Å². The smallest absolute Gasteiger partial charge is 0.347 e. The first kappa shape index (κ1) is 16.7. The third-order valence-electron chi connectivity index (χ3n) is 4.30. The average Bonchev–Trinajstić information content (AvgIpc) is 2.70. The van der Waals surface area contributed by atoms with Crippen molar-refractivity contribution in [2.75, 3.05) is 5.32 Å². The molecule has 4 aromatic rings. The van der Waals surface area contributed by atoms with Gasteiger partial charge in [0.2, 0.25) is 5.89 Å². The highest BCUT2D eigenvalue weighted by atomic mass is 16.4. The summed E-state index contributed by atoms with van der Waals surface area (Å²) < 4.78 is 5.38. The van der Waals surface area contributed by atoms with Gasteiger partial charge in [0.25, 0.3) is 5.91 Å². The van der Waals surface area contributed by atoms with Gasteiger partial charge >= 0.3 is 5.63 Å². The SMILES string of the molecule is Cc1ccc(-c2nc3ccccc3c(=O)o2)cc1NC(=O)c1ccccc1. The number of hydrogen-bond acceptors (Lipinski definition) is 4. The van der Waals surface area contributed by atoms with E-state index >= 15 is 0 Å². The molecule has 27 heavy (non-hydrogen) atoms. The van der Waals surface area contributed by atoms with E-state index in [-0.39, 0.29) is 11.8 Å². The van der Waals surface area contributed by atoms with Gasteiger partial charge in [-0.05, 0) is 48.9 Å². The summed E-state index contributed by atoms with van der Waals surface area (Å²) in [5.74, 6) is 0.0117. The predicted octanol–water partition coefficient (Wildman–Crippen LogP) is 4.42. The summed E-state index contributed by atoms with van der Waals surface area (Å²) >= 11 is 0. The lowest BCUT2D eigenvalue weighted by Gasteiger charge is -2.10. The second-order valence-electron chi connectivity index (χ2n) is 6.17. The van der Waals surface area contributed by atoms with Crippen LogP contribution in [-0.2, 0) is 0 Å². The van der Waals surface area contributed by atoms with Gasteiger partial charge in [-0.3, -0.25) is 4.79 Å². The lowest BCUT2D eigenvalue weighted by atomic mass is 10.1. The standard InChI is InChI=1S/C22H16N2O3/c1-14-11-12-16(13-19(14)23-20(25)15-7-3-2-4-8-15)21-24-18-10-6-5-9-17(18)22(26)27-21/h2-13H,1H3,(H,23,25). The Labute approximate surface area is 155 Å². The molecule has 0 spiro atoms. The average molecular weight is 356 g/mol. The summed E-state index contributed by atoms with van der Waals surface area (Å²) in [4.78, 5) is 29.1. The Kier molecular flexibility index (Phi) is 4.26. The van der Waals surface area contributed by atoms with Crippen LogP contribution < -0.4 is 10.9 Å². The van der Waals surface area contributed by atoms with Crippen molar-refractivity contribution in [1.82, 2.24) is 4.98 Å². The van der Waals surface area contributed by atoms with Gasteiger partial charge in [0.1, 0.15) is 0 Å². The van der Waals surface area contributed by atoms with Gasteiger partial charge in [-0.1, -0.05) is 36.4 Å². The molecule has 0 fully saturated rings. The van der Waals surface area contributed by atoms with Gasteiger partial charge in [-0.25, -0.2) is 9.78 Å². The highest BCUT2D eigenvalue weighted by Crippen LogP contribution is 2.25. The number of carbonyl (C=O) groups excluding carboxylic acids is 1. The second-order valence-corrected chi connectivity index (χ2v) is 6.17.